The molecular weight excluding hydrogens is 388 g/mol. The molecule has 0 bridgehead atoms. The number of fused-ring (bicyclic) bond motifs is 3. The van der Waals surface area contributed by atoms with E-state index in [2.05, 4.69) is 16.7 Å². The van der Waals surface area contributed by atoms with E-state index in [-0.39, 0.29) is 0 Å². The van der Waals surface area contributed by atoms with Crippen LogP contribution >= 0.6 is 11.3 Å². The SMILES string of the molecule is CCCCc1nc(N2CCC(N3CCCCC3)CC2)c2c3c(sc2n1)CCCCC3. The van der Waals surface area contributed by atoms with Crippen molar-refractivity contribution in [2.75, 3.05) is 31.1 Å². The van der Waals surface area contributed by atoms with Crippen LogP contribution in [-0.2, 0) is 19.3 Å². The van der Waals surface area contributed by atoms with Gasteiger partial charge in [-0.1, -0.05) is 26.2 Å². The standard InChI is InChI=1S/C25H38N4S/c1-2-3-12-22-26-24(23-20-10-6-4-7-11-21(20)30-25(23)27-22)29-17-13-19(14-18-29)28-15-8-5-9-16-28/h19H,2-18H2,1H3. The third-order valence-corrected chi connectivity index (χ3v) is 8.70. The molecule has 0 N–H and O–H groups in total. The van der Waals surface area contributed by atoms with Crippen molar-refractivity contribution in [3.05, 3.63) is 16.3 Å². The lowest BCUT2D eigenvalue weighted by molar-refractivity contribution is 0.141. The van der Waals surface area contributed by atoms with E-state index < -0.39 is 0 Å². The quantitative estimate of drug-likeness (QED) is 0.569. The van der Waals surface area contributed by atoms with Crippen molar-refractivity contribution >= 4 is 27.4 Å². The second-order valence-electron chi connectivity index (χ2n) is 9.63. The van der Waals surface area contributed by atoms with Crippen molar-refractivity contribution in [1.82, 2.24) is 14.9 Å². The number of hydrogen-bond acceptors (Lipinski definition) is 5. The average Bonchev–Trinajstić information content (AvgIpc) is 2.98. The van der Waals surface area contributed by atoms with Gasteiger partial charge in [0.2, 0.25) is 0 Å². The fourth-order valence-electron chi connectivity index (χ4n) is 5.76. The molecular formula is C25H38N4S. The predicted molar refractivity (Wildman–Crippen MR) is 128 cm³/mol. The van der Waals surface area contributed by atoms with Crippen LogP contribution in [0.3, 0.4) is 0 Å². The highest BCUT2D eigenvalue weighted by molar-refractivity contribution is 7.19. The Bertz CT molecular complexity index is 846. The fraction of sp³-hybridized carbons (Fsp3) is 0.760. The van der Waals surface area contributed by atoms with Crippen LogP contribution in [-0.4, -0.2) is 47.1 Å². The first-order valence-corrected chi connectivity index (χ1v) is 13.5. The van der Waals surface area contributed by atoms with Gasteiger partial charge in [0.15, 0.2) is 0 Å². The molecule has 2 aliphatic heterocycles. The molecule has 2 saturated heterocycles. The van der Waals surface area contributed by atoms with E-state index in [4.69, 9.17) is 9.97 Å². The van der Waals surface area contributed by atoms with Crippen LogP contribution in [0.4, 0.5) is 5.82 Å². The van der Waals surface area contributed by atoms with Crippen molar-refractivity contribution in [3.8, 4) is 0 Å². The van der Waals surface area contributed by atoms with E-state index >= 15 is 0 Å². The summed E-state index contributed by atoms with van der Waals surface area (Å²) in [7, 11) is 0. The number of thiophene rings is 1. The molecule has 2 aromatic heterocycles. The number of anilines is 1. The number of piperidine rings is 2. The number of rotatable bonds is 5. The molecule has 2 aromatic rings. The minimum atomic E-state index is 0.790. The number of aromatic nitrogens is 2. The van der Waals surface area contributed by atoms with Gasteiger partial charge in [0.1, 0.15) is 16.5 Å². The normalized spacial score (nSPS) is 21.7. The first kappa shape index (κ1) is 20.7. The highest BCUT2D eigenvalue weighted by Crippen LogP contribution is 2.40. The van der Waals surface area contributed by atoms with Crippen molar-refractivity contribution in [2.45, 2.75) is 96.4 Å². The highest BCUT2D eigenvalue weighted by Gasteiger charge is 2.29. The van der Waals surface area contributed by atoms with E-state index in [1.807, 2.05) is 11.3 Å². The molecule has 0 spiro atoms. The summed E-state index contributed by atoms with van der Waals surface area (Å²) in [5.74, 6) is 2.36. The zero-order valence-electron chi connectivity index (χ0n) is 18.8. The molecule has 0 atom stereocenters. The van der Waals surface area contributed by atoms with E-state index in [1.54, 1.807) is 10.4 Å². The third-order valence-electron chi connectivity index (χ3n) is 7.52. The summed E-state index contributed by atoms with van der Waals surface area (Å²) >= 11 is 1.98. The van der Waals surface area contributed by atoms with Gasteiger partial charge in [-0.15, -0.1) is 11.3 Å². The Morgan fingerprint density at radius 2 is 1.67 bits per heavy atom. The van der Waals surface area contributed by atoms with Gasteiger partial charge in [0, 0.05) is 30.4 Å². The lowest BCUT2D eigenvalue weighted by Gasteiger charge is -2.40. The van der Waals surface area contributed by atoms with Crippen LogP contribution in [0.2, 0.25) is 0 Å². The third kappa shape index (κ3) is 4.25. The van der Waals surface area contributed by atoms with E-state index in [9.17, 15) is 0 Å². The van der Waals surface area contributed by atoms with Gasteiger partial charge in [0.25, 0.3) is 0 Å². The summed E-state index contributed by atoms with van der Waals surface area (Å²) in [6.07, 6.45) is 16.7. The van der Waals surface area contributed by atoms with Crippen molar-refractivity contribution in [3.63, 3.8) is 0 Å². The molecule has 0 unspecified atom stereocenters. The highest BCUT2D eigenvalue weighted by atomic mass is 32.1. The molecule has 5 heteroatoms. The molecule has 3 aliphatic rings. The smallest absolute Gasteiger partial charge is 0.141 e. The van der Waals surface area contributed by atoms with E-state index in [1.165, 1.54) is 106 Å². The number of aryl methyl sites for hydroxylation is 3. The number of likely N-dealkylation sites (tertiary alicyclic amines) is 1. The Hall–Kier alpha value is -1.20. The fourth-order valence-corrected chi connectivity index (χ4v) is 7.03. The summed E-state index contributed by atoms with van der Waals surface area (Å²) in [6.45, 7) is 7.22. The molecule has 4 nitrogen and oxygen atoms in total. The summed E-state index contributed by atoms with van der Waals surface area (Å²) in [4.78, 5) is 18.6. The van der Waals surface area contributed by atoms with Gasteiger partial charge in [-0.25, -0.2) is 9.97 Å². The van der Waals surface area contributed by atoms with E-state index in [0.717, 1.165) is 31.4 Å². The zero-order chi connectivity index (χ0) is 20.3. The van der Waals surface area contributed by atoms with Crippen LogP contribution in [0, 0.1) is 0 Å². The lowest BCUT2D eigenvalue weighted by atomic mass is 9.99. The van der Waals surface area contributed by atoms with Gasteiger partial charge in [-0.2, -0.15) is 0 Å². The molecule has 30 heavy (non-hydrogen) atoms. The molecule has 5 rings (SSSR count). The Kier molecular flexibility index (Phi) is 6.56. The minimum Gasteiger partial charge on any atom is -0.356 e. The molecule has 0 amide bonds. The molecule has 0 radical (unpaired) electrons. The second kappa shape index (κ2) is 9.52. The van der Waals surface area contributed by atoms with Crippen molar-refractivity contribution in [2.24, 2.45) is 0 Å². The van der Waals surface area contributed by atoms with Crippen LogP contribution in [0.1, 0.15) is 87.4 Å². The summed E-state index contributed by atoms with van der Waals surface area (Å²) < 4.78 is 0. The molecule has 0 aromatic carbocycles. The number of hydrogen-bond donors (Lipinski definition) is 0. The summed E-state index contributed by atoms with van der Waals surface area (Å²) in [6, 6.07) is 0.790. The predicted octanol–water partition coefficient (Wildman–Crippen LogP) is 5.76. The Balaban J connectivity index is 1.43. The Morgan fingerprint density at radius 3 is 2.47 bits per heavy atom. The van der Waals surface area contributed by atoms with Crippen molar-refractivity contribution < 1.29 is 0 Å². The number of unbranched alkanes of at least 4 members (excludes halogenated alkanes) is 1. The lowest BCUT2D eigenvalue weighted by Crippen LogP contribution is -2.47. The first-order valence-electron chi connectivity index (χ1n) is 12.6. The van der Waals surface area contributed by atoms with Gasteiger partial charge in [-0.3, -0.25) is 0 Å². The van der Waals surface area contributed by atoms with Gasteiger partial charge < -0.3 is 9.80 Å². The minimum absolute atomic E-state index is 0.790. The maximum absolute atomic E-state index is 5.22. The monoisotopic (exact) mass is 426 g/mol. The summed E-state index contributed by atoms with van der Waals surface area (Å²) in [5, 5.41) is 1.42. The summed E-state index contributed by atoms with van der Waals surface area (Å²) in [5.41, 5.74) is 1.60. The van der Waals surface area contributed by atoms with E-state index in [0.29, 0.717) is 0 Å². The molecule has 0 saturated carbocycles. The van der Waals surface area contributed by atoms with Crippen LogP contribution < -0.4 is 4.90 Å². The van der Waals surface area contributed by atoms with Crippen LogP contribution in [0.5, 0.6) is 0 Å². The topological polar surface area (TPSA) is 32.3 Å². The maximum atomic E-state index is 5.22. The molecule has 1 aliphatic carbocycles. The van der Waals surface area contributed by atoms with Crippen LogP contribution in [0.25, 0.3) is 10.2 Å². The molecule has 4 heterocycles. The maximum Gasteiger partial charge on any atom is 0.141 e. The number of nitrogens with zero attached hydrogens (tertiary/aromatic N) is 4. The zero-order valence-corrected chi connectivity index (χ0v) is 19.6. The van der Waals surface area contributed by atoms with Crippen LogP contribution in [0.15, 0.2) is 0 Å². The first-order chi connectivity index (χ1) is 14.8. The molecule has 164 valence electrons. The Morgan fingerprint density at radius 1 is 0.900 bits per heavy atom. The average molecular weight is 427 g/mol. The molecule has 2 fully saturated rings. The van der Waals surface area contributed by atoms with Crippen molar-refractivity contribution in [1.29, 1.82) is 0 Å². The van der Waals surface area contributed by atoms with Gasteiger partial charge >= 0.3 is 0 Å². The Labute approximate surface area is 186 Å². The van der Waals surface area contributed by atoms with Gasteiger partial charge in [-0.05, 0) is 76.4 Å². The second-order valence-corrected chi connectivity index (χ2v) is 10.7. The van der Waals surface area contributed by atoms with Gasteiger partial charge in [0.05, 0.1) is 5.39 Å². The largest absolute Gasteiger partial charge is 0.356 e.